The fourth-order valence-electron chi connectivity index (χ4n) is 2.08. The van der Waals surface area contributed by atoms with Gasteiger partial charge in [0.2, 0.25) is 6.39 Å². The Morgan fingerprint density at radius 2 is 2.46 bits per heavy atom. The van der Waals surface area contributed by atoms with Crippen LogP contribution < -0.4 is 5.73 Å². The van der Waals surface area contributed by atoms with E-state index < -0.39 is 0 Å². The topological polar surface area (TPSA) is 64.9 Å². The van der Waals surface area contributed by atoms with Gasteiger partial charge in [-0.3, -0.25) is 0 Å². The van der Waals surface area contributed by atoms with Gasteiger partial charge in [0.1, 0.15) is 0 Å². The molecule has 4 heteroatoms. The summed E-state index contributed by atoms with van der Waals surface area (Å²) >= 11 is 0. The number of nitrogens with two attached hydrogens (primary N) is 1. The monoisotopic (exact) mass is 181 g/mol. The molecule has 0 bridgehead atoms. The summed E-state index contributed by atoms with van der Waals surface area (Å²) in [5, 5.41) is 3.85. The Balaban J connectivity index is 2.27. The van der Waals surface area contributed by atoms with Gasteiger partial charge < -0.3 is 10.3 Å². The van der Waals surface area contributed by atoms with Gasteiger partial charge in [-0.1, -0.05) is 24.9 Å². The van der Waals surface area contributed by atoms with Gasteiger partial charge in [-0.15, -0.1) is 0 Å². The van der Waals surface area contributed by atoms with Gasteiger partial charge in [-0.25, -0.2) is 0 Å². The van der Waals surface area contributed by atoms with Gasteiger partial charge in [-0.05, 0) is 18.8 Å². The lowest BCUT2D eigenvalue weighted by Crippen LogP contribution is -2.46. The summed E-state index contributed by atoms with van der Waals surface area (Å²) in [6.45, 7) is 2.16. The molecule has 72 valence electrons. The molecular formula is C9H15N3O. The highest BCUT2D eigenvalue weighted by Gasteiger charge is 2.39. The van der Waals surface area contributed by atoms with Crippen molar-refractivity contribution < 1.29 is 4.52 Å². The summed E-state index contributed by atoms with van der Waals surface area (Å²) in [5.41, 5.74) is 5.93. The minimum atomic E-state index is -0.356. The molecule has 1 aliphatic rings. The van der Waals surface area contributed by atoms with Gasteiger partial charge >= 0.3 is 0 Å². The Kier molecular flexibility index (Phi) is 2.07. The third-order valence-electron chi connectivity index (χ3n) is 3.13. The van der Waals surface area contributed by atoms with Gasteiger partial charge in [0, 0.05) is 0 Å². The minimum absolute atomic E-state index is 0.356. The Labute approximate surface area is 77.5 Å². The van der Waals surface area contributed by atoms with Crippen molar-refractivity contribution in [1.82, 2.24) is 10.1 Å². The van der Waals surface area contributed by atoms with Crippen LogP contribution in [0.5, 0.6) is 0 Å². The molecule has 2 N–H and O–H groups in total. The zero-order chi connectivity index (χ0) is 9.31. The molecule has 1 heterocycles. The van der Waals surface area contributed by atoms with E-state index in [9.17, 15) is 0 Å². The molecule has 0 aromatic carbocycles. The van der Waals surface area contributed by atoms with Crippen molar-refractivity contribution in [2.45, 2.75) is 38.1 Å². The van der Waals surface area contributed by atoms with E-state index in [4.69, 9.17) is 10.3 Å². The Hall–Kier alpha value is -0.900. The zero-order valence-corrected chi connectivity index (χ0v) is 7.86. The first kappa shape index (κ1) is 8.69. The second-order valence-corrected chi connectivity index (χ2v) is 3.94. The quantitative estimate of drug-likeness (QED) is 0.711. The van der Waals surface area contributed by atoms with Crippen LogP contribution in [0.4, 0.5) is 0 Å². The maximum absolute atomic E-state index is 6.28. The lowest BCUT2D eigenvalue weighted by atomic mass is 9.74. The van der Waals surface area contributed by atoms with Crippen LogP contribution >= 0.6 is 0 Å². The highest BCUT2D eigenvalue weighted by molar-refractivity contribution is 5.06. The number of rotatable bonds is 1. The molecule has 2 rings (SSSR count). The van der Waals surface area contributed by atoms with Crippen molar-refractivity contribution in [3.8, 4) is 0 Å². The molecule has 1 fully saturated rings. The molecule has 1 saturated carbocycles. The zero-order valence-electron chi connectivity index (χ0n) is 7.86. The molecule has 0 amide bonds. The molecule has 4 nitrogen and oxygen atoms in total. The molecule has 0 aliphatic heterocycles. The summed E-state index contributed by atoms with van der Waals surface area (Å²) in [7, 11) is 0. The van der Waals surface area contributed by atoms with E-state index in [2.05, 4.69) is 17.1 Å². The van der Waals surface area contributed by atoms with Crippen LogP contribution in [-0.4, -0.2) is 10.1 Å². The van der Waals surface area contributed by atoms with E-state index in [0.717, 1.165) is 19.3 Å². The summed E-state index contributed by atoms with van der Waals surface area (Å²) in [6.07, 6.45) is 5.90. The van der Waals surface area contributed by atoms with Crippen molar-refractivity contribution >= 4 is 0 Å². The van der Waals surface area contributed by atoms with Crippen molar-refractivity contribution in [1.29, 1.82) is 0 Å². The maximum atomic E-state index is 6.28. The van der Waals surface area contributed by atoms with Gasteiger partial charge in [0.15, 0.2) is 5.82 Å². The van der Waals surface area contributed by atoms with Crippen molar-refractivity contribution in [3.05, 3.63) is 12.2 Å². The SMILES string of the molecule is CC1CCCCC1(N)c1ncon1. The van der Waals surface area contributed by atoms with Gasteiger partial charge in [0.05, 0.1) is 5.54 Å². The van der Waals surface area contributed by atoms with E-state index in [0.29, 0.717) is 11.7 Å². The lowest BCUT2D eigenvalue weighted by Gasteiger charge is -2.36. The second-order valence-electron chi connectivity index (χ2n) is 3.94. The number of hydrogen-bond acceptors (Lipinski definition) is 4. The van der Waals surface area contributed by atoms with E-state index in [-0.39, 0.29) is 5.54 Å². The Morgan fingerprint density at radius 1 is 1.62 bits per heavy atom. The van der Waals surface area contributed by atoms with Crippen molar-refractivity contribution in [2.75, 3.05) is 0 Å². The van der Waals surface area contributed by atoms with Crippen LogP contribution in [0.25, 0.3) is 0 Å². The van der Waals surface area contributed by atoms with Crippen LogP contribution in [0.1, 0.15) is 38.4 Å². The molecule has 2 atom stereocenters. The van der Waals surface area contributed by atoms with E-state index in [1.165, 1.54) is 12.8 Å². The minimum Gasteiger partial charge on any atom is -0.343 e. The molecule has 1 aromatic heterocycles. The summed E-state index contributed by atoms with van der Waals surface area (Å²) in [4.78, 5) is 4.06. The van der Waals surface area contributed by atoms with E-state index in [1.807, 2.05) is 0 Å². The lowest BCUT2D eigenvalue weighted by molar-refractivity contribution is 0.190. The second kappa shape index (κ2) is 3.10. The highest BCUT2D eigenvalue weighted by atomic mass is 16.5. The molecule has 0 saturated heterocycles. The average molecular weight is 181 g/mol. The molecule has 0 spiro atoms. The van der Waals surface area contributed by atoms with Gasteiger partial charge in [0.25, 0.3) is 0 Å². The Bertz CT molecular complexity index is 272. The first-order chi connectivity index (χ1) is 6.23. The van der Waals surface area contributed by atoms with Gasteiger partial charge in [-0.2, -0.15) is 4.98 Å². The predicted molar refractivity (Wildman–Crippen MR) is 47.8 cm³/mol. The summed E-state index contributed by atoms with van der Waals surface area (Å²) < 4.78 is 4.74. The van der Waals surface area contributed by atoms with Crippen molar-refractivity contribution in [3.63, 3.8) is 0 Å². The number of nitrogens with zero attached hydrogens (tertiary/aromatic N) is 2. The smallest absolute Gasteiger partial charge is 0.213 e. The largest absolute Gasteiger partial charge is 0.343 e. The molecule has 1 aromatic rings. The summed E-state index contributed by atoms with van der Waals surface area (Å²) in [5.74, 6) is 1.11. The predicted octanol–water partition coefficient (Wildman–Crippen LogP) is 1.43. The number of hydrogen-bond donors (Lipinski definition) is 1. The first-order valence-corrected chi connectivity index (χ1v) is 4.79. The highest BCUT2D eigenvalue weighted by Crippen LogP contribution is 2.37. The van der Waals surface area contributed by atoms with Crippen LogP contribution in [0.2, 0.25) is 0 Å². The van der Waals surface area contributed by atoms with E-state index in [1.54, 1.807) is 0 Å². The number of aromatic nitrogens is 2. The third kappa shape index (κ3) is 1.35. The van der Waals surface area contributed by atoms with Crippen molar-refractivity contribution in [2.24, 2.45) is 11.7 Å². The molecular weight excluding hydrogens is 166 g/mol. The first-order valence-electron chi connectivity index (χ1n) is 4.79. The maximum Gasteiger partial charge on any atom is 0.213 e. The Morgan fingerprint density at radius 3 is 3.08 bits per heavy atom. The molecule has 0 radical (unpaired) electrons. The van der Waals surface area contributed by atoms with E-state index >= 15 is 0 Å². The van der Waals surface area contributed by atoms with Crippen LogP contribution in [0.3, 0.4) is 0 Å². The fraction of sp³-hybridized carbons (Fsp3) is 0.778. The molecule has 13 heavy (non-hydrogen) atoms. The average Bonchev–Trinajstić information content (AvgIpc) is 2.63. The fourth-order valence-corrected chi connectivity index (χ4v) is 2.08. The normalized spacial score (nSPS) is 34.8. The third-order valence-corrected chi connectivity index (χ3v) is 3.13. The summed E-state index contributed by atoms with van der Waals surface area (Å²) in [6, 6.07) is 0. The molecule has 1 aliphatic carbocycles. The standard InChI is InChI=1S/C9H15N3O/c1-7-4-2-3-5-9(7,10)8-11-6-13-12-8/h6-7H,2-5,10H2,1H3. The molecule has 2 unspecified atom stereocenters. The van der Waals surface area contributed by atoms with Crippen LogP contribution in [-0.2, 0) is 5.54 Å². The van der Waals surface area contributed by atoms with Crippen LogP contribution in [0, 0.1) is 5.92 Å². The van der Waals surface area contributed by atoms with Crippen LogP contribution in [0.15, 0.2) is 10.9 Å².